The number of amides is 2. The molecule has 0 saturated carbocycles. The van der Waals surface area contributed by atoms with Crippen LogP contribution in [0.15, 0.2) is 39.9 Å². The van der Waals surface area contributed by atoms with Gasteiger partial charge in [0.15, 0.2) is 11.8 Å². The maximum absolute atomic E-state index is 12.9. The van der Waals surface area contributed by atoms with E-state index in [-0.39, 0.29) is 36.1 Å². The lowest BCUT2D eigenvalue weighted by molar-refractivity contribution is -0.162. The van der Waals surface area contributed by atoms with E-state index in [4.69, 9.17) is 4.74 Å². The van der Waals surface area contributed by atoms with Crippen LogP contribution >= 0.6 is 0 Å². The first-order valence-electron chi connectivity index (χ1n) is 10.1. The van der Waals surface area contributed by atoms with Gasteiger partial charge in [0, 0.05) is 34.1 Å². The molecule has 2 unspecified atom stereocenters. The van der Waals surface area contributed by atoms with Gasteiger partial charge in [-0.1, -0.05) is 30.3 Å². The number of hydrogen-bond donors (Lipinski definition) is 2. The van der Waals surface area contributed by atoms with E-state index in [1.807, 2.05) is 30.3 Å². The summed E-state index contributed by atoms with van der Waals surface area (Å²) in [5.41, 5.74) is 0.376. The lowest BCUT2D eigenvalue weighted by atomic mass is 9.97. The van der Waals surface area contributed by atoms with Crippen LogP contribution in [0.3, 0.4) is 0 Å². The number of nitrogens with one attached hydrogen (secondary N) is 2. The highest BCUT2D eigenvalue weighted by Crippen LogP contribution is 2.29. The molecule has 0 spiro atoms. The molecule has 2 atom stereocenters. The molecular formula is C21H24N6O5. The van der Waals surface area contributed by atoms with Gasteiger partial charge in [-0.25, -0.2) is 9.78 Å². The molecule has 4 rings (SSSR count). The summed E-state index contributed by atoms with van der Waals surface area (Å²) in [6.07, 6.45) is -0.543. The predicted molar refractivity (Wildman–Crippen MR) is 115 cm³/mol. The first kappa shape index (κ1) is 21.5. The van der Waals surface area contributed by atoms with Crippen molar-refractivity contribution in [3.8, 4) is 0 Å². The maximum atomic E-state index is 12.9. The molecule has 3 aromatic rings. The summed E-state index contributed by atoms with van der Waals surface area (Å²) in [4.78, 5) is 58.2. The minimum Gasteiger partial charge on any atom is -0.356 e. The third-order valence-electron chi connectivity index (χ3n) is 5.69. The summed E-state index contributed by atoms with van der Waals surface area (Å²) >= 11 is 0. The number of ether oxygens (including phenoxy) is 1. The second-order valence-electron chi connectivity index (χ2n) is 7.72. The lowest BCUT2D eigenvalue weighted by Gasteiger charge is -2.38. The predicted octanol–water partition coefficient (Wildman–Crippen LogP) is -0.782. The van der Waals surface area contributed by atoms with Gasteiger partial charge in [-0.05, 0) is 5.56 Å². The van der Waals surface area contributed by atoms with E-state index in [1.54, 1.807) is 14.1 Å². The lowest BCUT2D eigenvalue weighted by Crippen LogP contribution is -2.53. The van der Waals surface area contributed by atoms with Crippen molar-refractivity contribution in [2.24, 2.45) is 14.1 Å². The van der Waals surface area contributed by atoms with E-state index < -0.39 is 23.4 Å². The van der Waals surface area contributed by atoms with Crippen LogP contribution in [0.4, 0.5) is 0 Å². The fraction of sp³-hybridized carbons (Fsp3) is 0.381. The van der Waals surface area contributed by atoms with E-state index >= 15 is 0 Å². The molecule has 168 valence electrons. The molecule has 2 aromatic heterocycles. The number of likely N-dealkylation sites (N-methyl/N-ethyl adjacent to an activating group) is 1. The third-order valence-corrected chi connectivity index (χ3v) is 5.69. The summed E-state index contributed by atoms with van der Waals surface area (Å²) in [6.45, 7) is 0.0603. The van der Waals surface area contributed by atoms with Crippen LogP contribution < -0.4 is 16.6 Å². The van der Waals surface area contributed by atoms with E-state index in [0.717, 1.165) is 10.1 Å². The number of hydrogen-bond acceptors (Lipinski definition) is 6. The van der Waals surface area contributed by atoms with Gasteiger partial charge in [-0.15, -0.1) is 0 Å². The van der Waals surface area contributed by atoms with Crippen LogP contribution in [0.2, 0.25) is 0 Å². The first-order valence-corrected chi connectivity index (χ1v) is 10.1. The Balaban J connectivity index is 1.48. The van der Waals surface area contributed by atoms with Crippen LogP contribution in [-0.4, -0.2) is 62.1 Å². The molecule has 11 nitrogen and oxygen atoms in total. The monoisotopic (exact) mass is 440 g/mol. The number of imidazole rings is 1. The summed E-state index contributed by atoms with van der Waals surface area (Å²) < 4.78 is 7.89. The maximum Gasteiger partial charge on any atom is 0.332 e. The molecule has 1 aliphatic rings. The van der Waals surface area contributed by atoms with E-state index in [9.17, 15) is 19.2 Å². The average Bonchev–Trinajstić information content (AvgIpc) is 3.23. The molecule has 3 heterocycles. The second kappa shape index (κ2) is 8.42. The topological polar surface area (TPSA) is 131 Å². The number of aryl methyl sites for hydroxylation is 1. The summed E-state index contributed by atoms with van der Waals surface area (Å²) in [5, 5.41) is 2.82. The molecule has 1 fully saturated rings. The number of carbonyl (C=O) groups excluding carboxylic acids is 2. The van der Waals surface area contributed by atoms with E-state index in [1.165, 1.54) is 16.5 Å². The fourth-order valence-corrected chi connectivity index (χ4v) is 3.88. The Labute approximate surface area is 182 Å². The Hall–Kier alpha value is -3.73. The van der Waals surface area contributed by atoms with E-state index in [0.29, 0.717) is 12.2 Å². The molecular weight excluding hydrogens is 416 g/mol. The minimum absolute atomic E-state index is 0.168. The van der Waals surface area contributed by atoms with Gasteiger partial charge in [0.1, 0.15) is 17.9 Å². The molecule has 0 radical (unpaired) electrons. The zero-order chi connectivity index (χ0) is 23.0. The number of rotatable bonds is 5. The largest absolute Gasteiger partial charge is 0.356 e. The minimum atomic E-state index is -0.858. The molecule has 2 amide bonds. The van der Waals surface area contributed by atoms with Gasteiger partial charge < -0.3 is 19.9 Å². The van der Waals surface area contributed by atoms with Crippen LogP contribution in [0.25, 0.3) is 11.2 Å². The molecule has 2 N–H and O–H groups in total. The number of aromatic amines is 1. The first-order chi connectivity index (χ1) is 15.3. The Morgan fingerprint density at radius 2 is 1.88 bits per heavy atom. The number of benzene rings is 1. The number of morpholine rings is 1. The van der Waals surface area contributed by atoms with Gasteiger partial charge in [-0.3, -0.25) is 23.5 Å². The van der Waals surface area contributed by atoms with Crippen molar-refractivity contribution in [1.29, 1.82) is 0 Å². The average molecular weight is 440 g/mol. The normalized spacial score (nSPS) is 18.8. The number of carbonyl (C=O) groups is 2. The molecule has 32 heavy (non-hydrogen) atoms. The Morgan fingerprint density at radius 1 is 1.16 bits per heavy atom. The molecule has 1 aromatic carbocycles. The van der Waals surface area contributed by atoms with Crippen LogP contribution in [-0.2, 0) is 34.8 Å². The summed E-state index contributed by atoms with van der Waals surface area (Å²) in [5.74, 6) is -0.0786. The van der Waals surface area contributed by atoms with Crippen LogP contribution in [0.1, 0.15) is 17.4 Å². The quantitative estimate of drug-likeness (QED) is 0.535. The highest BCUT2D eigenvalue weighted by atomic mass is 16.5. The van der Waals surface area contributed by atoms with Crippen LogP contribution in [0.5, 0.6) is 0 Å². The van der Waals surface area contributed by atoms with Crippen molar-refractivity contribution in [2.75, 3.05) is 20.2 Å². The summed E-state index contributed by atoms with van der Waals surface area (Å²) in [7, 11) is 4.60. The molecule has 0 bridgehead atoms. The van der Waals surface area contributed by atoms with Crippen molar-refractivity contribution >= 4 is 23.0 Å². The highest BCUT2D eigenvalue weighted by molar-refractivity contribution is 5.86. The Kier molecular flexibility index (Phi) is 5.66. The van der Waals surface area contributed by atoms with Gasteiger partial charge >= 0.3 is 5.69 Å². The van der Waals surface area contributed by atoms with Crippen molar-refractivity contribution < 1.29 is 14.3 Å². The Morgan fingerprint density at radius 3 is 2.59 bits per heavy atom. The van der Waals surface area contributed by atoms with Gasteiger partial charge in [0.25, 0.3) is 11.5 Å². The van der Waals surface area contributed by atoms with Crippen molar-refractivity contribution in [3.63, 3.8) is 0 Å². The second-order valence-corrected chi connectivity index (χ2v) is 7.72. The SMILES string of the molecule is CN1C(=O)COC(C(=O)NCCc2nc3c([nH]2)c(=O)n(C)c(=O)n3C)C1c1ccccc1. The third kappa shape index (κ3) is 3.71. The van der Waals surface area contributed by atoms with E-state index in [2.05, 4.69) is 15.3 Å². The number of aromatic nitrogens is 4. The van der Waals surface area contributed by atoms with Crippen molar-refractivity contribution in [1.82, 2.24) is 29.3 Å². The zero-order valence-electron chi connectivity index (χ0n) is 18.0. The molecule has 11 heteroatoms. The number of fused-ring (bicyclic) bond motifs is 1. The highest BCUT2D eigenvalue weighted by Gasteiger charge is 2.39. The zero-order valence-corrected chi connectivity index (χ0v) is 18.0. The smallest absolute Gasteiger partial charge is 0.332 e. The Bertz CT molecular complexity index is 1290. The number of H-pyrrole nitrogens is 1. The van der Waals surface area contributed by atoms with Gasteiger partial charge in [-0.2, -0.15) is 0 Å². The fourth-order valence-electron chi connectivity index (χ4n) is 3.88. The van der Waals surface area contributed by atoms with Crippen molar-refractivity contribution in [3.05, 3.63) is 62.6 Å². The van der Waals surface area contributed by atoms with Gasteiger partial charge in [0.05, 0.1) is 6.04 Å². The molecule has 1 saturated heterocycles. The standard InChI is InChI=1S/C21H24N6O5/c1-25-14(28)11-32-17(16(25)12-7-5-4-6-8-12)19(29)22-10-9-13-23-15-18(24-13)26(2)21(31)27(3)20(15)30/h4-8,16-17H,9-11H2,1-3H3,(H,22,29)(H,23,24). The van der Waals surface area contributed by atoms with Crippen LogP contribution in [0, 0.1) is 0 Å². The molecule has 0 aliphatic carbocycles. The summed E-state index contributed by atoms with van der Waals surface area (Å²) in [6, 6.07) is 8.71. The molecule has 1 aliphatic heterocycles. The van der Waals surface area contributed by atoms with Gasteiger partial charge in [0.2, 0.25) is 5.91 Å². The number of nitrogens with zero attached hydrogens (tertiary/aromatic N) is 4. The van der Waals surface area contributed by atoms with Crippen molar-refractivity contribution in [2.45, 2.75) is 18.6 Å².